The highest BCUT2D eigenvalue weighted by Crippen LogP contribution is 2.40. The van der Waals surface area contributed by atoms with Crippen LogP contribution < -0.4 is 10.6 Å². The summed E-state index contributed by atoms with van der Waals surface area (Å²) in [6.45, 7) is 0.761. The van der Waals surface area contributed by atoms with E-state index in [0.29, 0.717) is 6.42 Å². The first-order chi connectivity index (χ1) is 8.96. The van der Waals surface area contributed by atoms with Gasteiger partial charge in [-0.2, -0.15) is 13.2 Å². The van der Waals surface area contributed by atoms with E-state index < -0.39 is 5.51 Å². The minimum Gasteiger partial charge on any atom is -0.324 e. The van der Waals surface area contributed by atoms with Crippen LogP contribution in [0.25, 0.3) is 0 Å². The monoisotopic (exact) mass is 290 g/mol. The first kappa shape index (κ1) is 14.2. The number of rotatable bonds is 3. The SMILES string of the molecule is O=C(Nc1ccccc1SC(F)(F)F)[C@H]1CCCN1. The second-order valence-corrected chi connectivity index (χ2v) is 5.29. The van der Waals surface area contributed by atoms with E-state index in [0.717, 1.165) is 13.0 Å². The van der Waals surface area contributed by atoms with E-state index in [1.165, 1.54) is 18.2 Å². The summed E-state index contributed by atoms with van der Waals surface area (Å²) in [5.74, 6) is -0.285. The van der Waals surface area contributed by atoms with Crippen LogP contribution in [0.15, 0.2) is 29.2 Å². The smallest absolute Gasteiger partial charge is 0.324 e. The summed E-state index contributed by atoms with van der Waals surface area (Å²) in [6.07, 6.45) is 1.61. The molecule has 0 unspecified atom stereocenters. The Morgan fingerprint density at radius 1 is 1.37 bits per heavy atom. The van der Waals surface area contributed by atoms with E-state index in [1.54, 1.807) is 6.07 Å². The van der Waals surface area contributed by atoms with Gasteiger partial charge in [0.1, 0.15) is 0 Å². The summed E-state index contributed by atoms with van der Waals surface area (Å²) < 4.78 is 37.2. The van der Waals surface area contributed by atoms with Gasteiger partial charge in [0.2, 0.25) is 5.91 Å². The lowest BCUT2D eigenvalue weighted by Crippen LogP contribution is -2.35. The van der Waals surface area contributed by atoms with Gasteiger partial charge in [-0.25, -0.2) is 0 Å². The van der Waals surface area contributed by atoms with Crippen molar-refractivity contribution in [3.63, 3.8) is 0 Å². The molecule has 0 aromatic heterocycles. The summed E-state index contributed by atoms with van der Waals surface area (Å²) in [5.41, 5.74) is -4.17. The van der Waals surface area contributed by atoms with Gasteiger partial charge in [0, 0.05) is 4.90 Å². The topological polar surface area (TPSA) is 41.1 Å². The molecule has 1 fully saturated rings. The lowest BCUT2D eigenvalue weighted by Gasteiger charge is -2.14. The van der Waals surface area contributed by atoms with E-state index in [-0.39, 0.29) is 34.3 Å². The number of benzene rings is 1. The molecule has 1 aromatic carbocycles. The number of carbonyl (C=O) groups excluding carboxylic acids is 1. The van der Waals surface area contributed by atoms with Crippen LogP contribution in [-0.4, -0.2) is 24.0 Å². The van der Waals surface area contributed by atoms with Crippen molar-refractivity contribution in [2.75, 3.05) is 11.9 Å². The summed E-state index contributed by atoms with van der Waals surface area (Å²) in [5, 5.41) is 5.56. The molecule has 104 valence electrons. The number of alkyl halides is 3. The molecule has 0 spiro atoms. The molecule has 19 heavy (non-hydrogen) atoms. The van der Waals surface area contributed by atoms with Gasteiger partial charge in [-0.3, -0.25) is 4.79 Å². The summed E-state index contributed by atoms with van der Waals surface area (Å²) in [6, 6.07) is 5.61. The predicted octanol–water partition coefficient (Wildman–Crippen LogP) is 2.99. The van der Waals surface area contributed by atoms with Crippen molar-refractivity contribution in [2.45, 2.75) is 29.3 Å². The zero-order valence-corrected chi connectivity index (χ0v) is 10.8. The van der Waals surface area contributed by atoms with E-state index in [2.05, 4.69) is 10.6 Å². The van der Waals surface area contributed by atoms with Crippen LogP contribution in [0.1, 0.15) is 12.8 Å². The van der Waals surface area contributed by atoms with Crippen LogP contribution in [0.2, 0.25) is 0 Å². The zero-order valence-electron chi connectivity index (χ0n) is 9.96. The molecule has 1 aliphatic heterocycles. The largest absolute Gasteiger partial charge is 0.446 e. The molecule has 0 bridgehead atoms. The van der Waals surface area contributed by atoms with Gasteiger partial charge < -0.3 is 10.6 Å². The highest BCUT2D eigenvalue weighted by atomic mass is 32.2. The molecule has 1 amide bonds. The van der Waals surface area contributed by atoms with Gasteiger partial charge in [-0.15, -0.1) is 0 Å². The molecule has 0 saturated carbocycles. The molecule has 3 nitrogen and oxygen atoms in total. The number of hydrogen-bond acceptors (Lipinski definition) is 3. The van der Waals surface area contributed by atoms with Gasteiger partial charge in [-0.05, 0) is 43.3 Å². The summed E-state index contributed by atoms with van der Waals surface area (Å²) in [7, 11) is 0. The highest BCUT2D eigenvalue weighted by Gasteiger charge is 2.31. The Kier molecular flexibility index (Phi) is 4.36. The van der Waals surface area contributed by atoms with Crippen LogP contribution in [0.5, 0.6) is 0 Å². The maximum atomic E-state index is 12.4. The van der Waals surface area contributed by atoms with Crippen LogP contribution in [0.4, 0.5) is 18.9 Å². The molecule has 1 heterocycles. The Labute approximate surface area is 112 Å². The van der Waals surface area contributed by atoms with Gasteiger partial charge in [0.05, 0.1) is 11.7 Å². The van der Waals surface area contributed by atoms with Gasteiger partial charge in [-0.1, -0.05) is 12.1 Å². The molecule has 1 aromatic rings. The predicted molar refractivity (Wildman–Crippen MR) is 68.0 cm³/mol. The van der Waals surface area contributed by atoms with Crippen LogP contribution in [0.3, 0.4) is 0 Å². The lowest BCUT2D eigenvalue weighted by molar-refractivity contribution is -0.117. The van der Waals surface area contributed by atoms with E-state index >= 15 is 0 Å². The average Bonchev–Trinajstić information content (AvgIpc) is 2.83. The normalized spacial score (nSPS) is 19.4. The number of amides is 1. The van der Waals surface area contributed by atoms with Crippen molar-refractivity contribution in [3.8, 4) is 0 Å². The van der Waals surface area contributed by atoms with Gasteiger partial charge >= 0.3 is 5.51 Å². The fourth-order valence-corrected chi connectivity index (χ4v) is 2.54. The molecule has 0 radical (unpaired) electrons. The van der Waals surface area contributed by atoms with Crippen LogP contribution in [0, 0.1) is 0 Å². The number of thioether (sulfide) groups is 1. The first-order valence-electron chi connectivity index (χ1n) is 5.85. The molecule has 2 rings (SSSR count). The second-order valence-electron chi connectivity index (χ2n) is 4.18. The molecule has 1 aliphatic rings. The van der Waals surface area contributed by atoms with Crippen molar-refractivity contribution >= 4 is 23.4 Å². The Morgan fingerprint density at radius 3 is 2.74 bits per heavy atom. The van der Waals surface area contributed by atoms with E-state index in [9.17, 15) is 18.0 Å². The van der Waals surface area contributed by atoms with Gasteiger partial charge in [0.25, 0.3) is 0 Å². The first-order valence-corrected chi connectivity index (χ1v) is 6.66. The van der Waals surface area contributed by atoms with Gasteiger partial charge in [0.15, 0.2) is 0 Å². The minimum atomic E-state index is -4.37. The zero-order chi connectivity index (χ0) is 13.9. The molecule has 1 atom stereocenters. The van der Waals surface area contributed by atoms with Crippen LogP contribution >= 0.6 is 11.8 Å². The van der Waals surface area contributed by atoms with Crippen molar-refractivity contribution in [3.05, 3.63) is 24.3 Å². The fourth-order valence-electron chi connectivity index (χ4n) is 1.91. The molecule has 7 heteroatoms. The molecule has 0 aliphatic carbocycles. The number of nitrogens with one attached hydrogen (secondary N) is 2. The maximum Gasteiger partial charge on any atom is 0.446 e. The quantitative estimate of drug-likeness (QED) is 0.841. The minimum absolute atomic E-state index is 0.00125. The van der Waals surface area contributed by atoms with Crippen molar-refractivity contribution in [2.24, 2.45) is 0 Å². The molecule has 2 N–H and O–H groups in total. The summed E-state index contributed by atoms with van der Waals surface area (Å²) in [4.78, 5) is 11.9. The van der Waals surface area contributed by atoms with Crippen molar-refractivity contribution < 1.29 is 18.0 Å². The summed E-state index contributed by atoms with van der Waals surface area (Å²) >= 11 is -0.223. The average molecular weight is 290 g/mol. The number of para-hydroxylation sites is 1. The number of anilines is 1. The number of hydrogen-bond donors (Lipinski definition) is 2. The lowest BCUT2D eigenvalue weighted by atomic mass is 10.2. The Bertz CT molecular complexity index is 459. The highest BCUT2D eigenvalue weighted by molar-refractivity contribution is 8.00. The molecule has 1 saturated heterocycles. The maximum absolute atomic E-state index is 12.4. The second kappa shape index (κ2) is 5.83. The third-order valence-electron chi connectivity index (χ3n) is 2.75. The Balaban J connectivity index is 2.09. The number of halogens is 3. The van der Waals surface area contributed by atoms with Crippen LogP contribution in [-0.2, 0) is 4.79 Å². The van der Waals surface area contributed by atoms with E-state index in [4.69, 9.17) is 0 Å². The fraction of sp³-hybridized carbons (Fsp3) is 0.417. The number of carbonyl (C=O) groups is 1. The molecular weight excluding hydrogens is 277 g/mol. The van der Waals surface area contributed by atoms with Crippen molar-refractivity contribution in [1.82, 2.24) is 5.32 Å². The van der Waals surface area contributed by atoms with E-state index in [1.807, 2.05) is 0 Å². The Morgan fingerprint density at radius 2 is 2.11 bits per heavy atom. The third-order valence-corrected chi connectivity index (χ3v) is 3.55. The van der Waals surface area contributed by atoms with Crippen molar-refractivity contribution in [1.29, 1.82) is 0 Å². The standard InChI is InChI=1S/C12H13F3N2OS/c13-12(14,15)19-10-6-2-1-4-8(10)17-11(18)9-5-3-7-16-9/h1-2,4,6,9,16H,3,5,7H2,(H,17,18)/t9-/m1/s1. The third kappa shape index (κ3) is 4.14. The molecular formula is C12H13F3N2OS. The Hall–Kier alpha value is -1.21.